The Morgan fingerprint density at radius 2 is 1.76 bits per heavy atom. The summed E-state index contributed by atoms with van der Waals surface area (Å²) >= 11 is 0. The molecule has 3 aliphatic rings. The number of allylic oxidation sites excluding steroid dienone is 2. The van der Waals surface area contributed by atoms with Crippen LogP contribution in [0.3, 0.4) is 0 Å². The molecule has 0 amide bonds. The van der Waals surface area contributed by atoms with Crippen molar-refractivity contribution in [1.82, 2.24) is 4.90 Å². The molecule has 2 heteroatoms. The summed E-state index contributed by atoms with van der Waals surface area (Å²) < 4.78 is 0. The van der Waals surface area contributed by atoms with E-state index in [4.69, 9.17) is 0 Å². The van der Waals surface area contributed by atoms with Crippen LogP contribution in [-0.4, -0.2) is 24.5 Å². The zero-order valence-corrected chi connectivity index (χ0v) is 20.5. The molecule has 0 unspecified atom stereocenters. The van der Waals surface area contributed by atoms with Gasteiger partial charge < -0.3 is 9.80 Å². The molecule has 0 aromatic heterocycles. The molecule has 2 aliphatic heterocycles. The monoisotopic (exact) mass is 450 g/mol. The highest BCUT2D eigenvalue weighted by atomic mass is 15.2. The maximum absolute atomic E-state index is 4.35. The second-order valence-electron chi connectivity index (χ2n) is 10.4. The predicted molar refractivity (Wildman–Crippen MR) is 146 cm³/mol. The van der Waals surface area contributed by atoms with Crippen molar-refractivity contribution >= 4 is 11.8 Å². The highest BCUT2D eigenvalue weighted by Gasteiger charge is 2.28. The fourth-order valence-corrected chi connectivity index (χ4v) is 5.82. The zero-order chi connectivity index (χ0) is 23.5. The van der Waals surface area contributed by atoms with E-state index in [9.17, 15) is 0 Å². The molecular weight excluding hydrogens is 412 g/mol. The minimum absolute atomic E-state index is 0.713. The molecule has 1 saturated heterocycles. The number of hydrogen-bond donors (Lipinski definition) is 0. The molecule has 2 aromatic carbocycles. The predicted octanol–water partition coefficient (Wildman–Crippen LogP) is 7.69. The molecule has 2 nitrogen and oxygen atoms in total. The van der Waals surface area contributed by atoms with E-state index in [1.54, 1.807) is 5.56 Å². The lowest BCUT2D eigenvalue weighted by Gasteiger charge is -2.42. The number of likely N-dealkylation sites (tertiary alicyclic amines) is 1. The normalized spacial score (nSPS) is 18.5. The molecule has 5 rings (SSSR count). The summed E-state index contributed by atoms with van der Waals surface area (Å²) in [6.07, 6.45) is 15.3. The molecule has 176 valence electrons. The Morgan fingerprint density at radius 1 is 0.971 bits per heavy atom. The number of hydrogen-bond acceptors (Lipinski definition) is 2. The molecule has 0 N–H and O–H groups in total. The molecule has 1 aliphatic carbocycles. The van der Waals surface area contributed by atoms with E-state index in [-0.39, 0.29) is 0 Å². The molecule has 1 saturated carbocycles. The van der Waals surface area contributed by atoms with Gasteiger partial charge in [0, 0.05) is 36.7 Å². The second kappa shape index (κ2) is 10.1. The standard InChI is InChI=1S/C32H38N2/c1-4-24(2)33-22-28(23-33)17-18-34-25(3)13-15-30-16-14-27(21-32(30)34)19-26-9-8-12-31(20-26)29-10-6-5-7-11-29/h4,8-9,12-16,20-21,28-29H,1-3,5-7,10-11,17-19,22-23H2. The molecule has 2 fully saturated rings. The average molecular weight is 451 g/mol. The van der Waals surface area contributed by atoms with Crippen LogP contribution in [-0.2, 0) is 6.42 Å². The molecule has 0 bridgehead atoms. The van der Waals surface area contributed by atoms with Crippen molar-refractivity contribution in [2.45, 2.75) is 50.9 Å². The second-order valence-corrected chi connectivity index (χ2v) is 10.4. The zero-order valence-electron chi connectivity index (χ0n) is 20.5. The van der Waals surface area contributed by atoms with Crippen molar-refractivity contribution < 1.29 is 0 Å². The molecule has 2 aromatic rings. The van der Waals surface area contributed by atoms with Gasteiger partial charge in [0.15, 0.2) is 0 Å². The fraction of sp³-hybridized carbons (Fsp3) is 0.375. The van der Waals surface area contributed by atoms with Gasteiger partial charge in [0.05, 0.1) is 0 Å². The highest BCUT2D eigenvalue weighted by molar-refractivity contribution is 5.76. The van der Waals surface area contributed by atoms with Crippen molar-refractivity contribution in [2.24, 2.45) is 5.92 Å². The Morgan fingerprint density at radius 3 is 2.56 bits per heavy atom. The summed E-state index contributed by atoms with van der Waals surface area (Å²) in [5.41, 5.74) is 9.09. The Balaban J connectivity index is 1.27. The van der Waals surface area contributed by atoms with Crippen LogP contribution in [0, 0.1) is 5.92 Å². The van der Waals surface area contributed by atoms with E-state index in [0.717, 1.165) is 43.4 Å². The Bertz CT molecular complexity index is 1100. The summed E-state index contributed by atoms with van der Waals surface area (Å²) in [7, 11) is 0. The molecular formula is C32H38N2. The van der Waals surface area contributed by atoms with Gasteiger partial charge in [0.2, 0.25) is 0 Å². The maximum atomic E-state index is 4.35. The van der Waals surface area contributed by atoms with Crippen LogP contribution in [0.2, 0.25) is 0 Å². The third kappa shape index (κ3) is 4.92. The average Bonchev–Trinajstić information content (AvgIpc) is 2.84. The molecule has 0 spiro atoms. The maximum Gasteiger partial charge on any atom is 0.0487 e. The van der Waals surface area contributed by atoms with Crippen molar-refractivity contribution in [3.8, 4) is 0 Å². The van der Waals surface area contributed by atoms with E-state index in [0.29, 0.717) is 5.92 Å². The highest BCUT2D eigenvalue weighted by Crippen LogP contribution is 2.35. The lowest BCUT2D eigenvalue weighted by molar-refractivity contribution is 0.143. The van der Waals surface area contributed by atoms with Gasteiger partial charge in [-0.15, -0.1) is 0 Å². The minimum Gasteiger partial charge on any atom is -0.371 e. The van der Waals surface area contributed by atoms with Gasteiger partial charge in [-0.3, -0.25) is 0 Å². The molecule has 2 heterocycles. The number of rotatable bonds is 8. The SMILES string of the molecule is C=CC(=C)N1CC(CCN2C(=C)C=Cc3ccc(Cc4cccc(C5CCCCC5)c4)cc32)C1. The number of anilines is 1. The minimum atomic E-state index is 0.713. The van der Waals surface area contributed by atoms with Gasteiger partial charge in [-0.2, -0.15) is 0 Å². The van der Waals surface area contributed by atoms with Crippen molar-refractivity contribution in [2.75, 3.05) is 24.5 Å². The van der Waals surface area contributed by atoms with Crippen LogP contribution in [0.25, 0.3) is 6.08 Å². The summed E-state index contributed by atoms with van der Waals surface area (Å²) in [5.74, 6) is 1.47. The van der Waals surface area contributed by atoms with Crippen LogP contribution in [0.4, 0.5) is 5.69 Å². The first-order valence-corrected chi connectivity index (χ1v) is 13.0. The lowest BCUT2D eigenvalue weighted by Crippen LogP contribution is -2.46. The van der Waals surface area contributed by atoms with Crippen LogP contribution in [0.5, 0.6) is 0 Å². The van der Waals surface area contributed by atoms with Crippen LogP contribution < -0.4 is 4.90 Å². The van der Waals surface area contributed by atoms with Gasteiger partial charge in [-0.05, 0) is 78.0 Å². The van der Waals surface area contributed by atoms with E-state index in [1.807, 2.05) is 6.08 Å². The summed E-state index contributed by atoms with van der Waals surface area (Å²) in [6.45, 7) is 15.5. The topological polar surface area (TPSA) is 6.48 Å². The van der Waals surface area contributed by atoms with Crippen LogP contribution >= 0.6 is 0 Å². The van der Waals surface area contributed by atoms with E-state index >= 15 is 0 Å². The Hall–Kier alpha value is -3.00. The van der Waals surface area contributed by atoms with E-state index < -0.39 is 0 Å². The lowest BCUT2D eigenvalue weighted by atomic mass is 9.83. The Kier molecular flexibility index (Phi) is 6.76. The van der Waals surface area contributed by atoms with Crippen molar-refractivity contribution in [3.63, 3.8) is 0 Å². The summed E-state index contributed by atoms with van der Waals surface area (Å²) in [6, 6.07) is 16.3. The van der Waals surface area contributed by atoms with Gasteiger partial charge in [-0.25, -0.2) is 0 Å². The van der Waals surface area contributed by atoms with Crippen LogP contribution in [0.15, 0.2) is 85.7 Å². The first-order chi connectivity index (χ1) is 16.6. The third-order valence-electron chi connectivity index (χ3n) is 7.98. The summed E-state index contributed by atoms with van der Waals surface area (Å²) in [5, 5.41) is 0. The molecule has 34 heavy (non-hydrogen) atoms. The Labute approximate surface area is 206 Å². The van der Waals surface area contributed by atoms with Crippen molar-refractivity contribution in [3.05, 3.63) is 108 Å². The van der Waals surface area contributed by atoms with Gasteiger partial charge in [0.25, 0.3) is 0 Å². The smallest absolute Gasteiger partial charge is 0.0487 e. The largest absolute Gasteiger partial charge is 0.371 e. The van der Waals surface area contributed by atoms with Gasteiger partial charge in [0.1, 0.15) is 0 Å². The number of nitrogens with zero attached hydrogens (tertiary/aromatic N) is 2. The number of benzene rings is 2. The first-order valence-electron chi connectivity index (χ1n) is 13.0. The molecule has 0 atom stereocenters. The first kappa shape index (κ1) is 22.8. The molecule has 0 radical (unpaired) electrons. The van der Waals surface area contributed by atoms with Crippen molar-refractivity contribution in [1.29, 1.82) is 0 Å². The van der Waals surface area contributed by atoms with E-state index in [1.165, 1.54) is 60.9 Å². The quantitative estimate of drug-likeness (QED) is 0.380. The van der Waals surface area contributed by atoms with E-state index in [2.05, 4.69) is 84.2 Å². The summed E-state index contributed by atoms with van der Waals surface area (Å²) in [4.78, 5) is 4.73. The van der Waals surface area contributed by atoms with Crippen LogP contribution in [0.1, 0.15) is 66.7 Å². The van der Waals surface area contributed by atoms with Gasteiger partial charge >= 0.3 is 0 Å². The number of fused-ring (bicyclic) bond motifs is 1. The third-order valence-corrected chi connectivity index (χ3v) is 7.98. The fourth-order valence-electron chi connectivity index (χ4n) is 5.82. The van der Waals surface area contributed by atoms with Gasteiger partial charge in [-0.1, -0.05) is 81.5 Å².